The van der Waals surface area contributed by atoms with Crippen molar-refractivity contribution in [2.45, 2.75) is 32.2 Å². The number of aliphatic hydroxyl groups excluding tert-OH is 1. The Kier molecular flexibility index (Phi) is 5.10. The molecule has 3 heteroatoms. The molecule has 2 aromatic rings. The van der Waals surface area contributed by atoms with Gasteiger partial charge in [0.05, 0.1) is 18.3 Å². The maximum absolute atomic E-state index is 9.47. The summed E-state index contributed by atoms with van der Waals surface area (Å²) in [5.41, 5.74) is 3.03. The van der Waals surface area contributed by atoms with Gasteiger partial charge in [-0.05, 0) is 30.5 Å². The van der Waals surface area contributed by atoms with E-state index in [2.05, 4.69) is 6.07 Å². The first kappa shape index (κ1) is 15.2. The largest absolute Gasteiger partial charge is 0.391 e. The van der Waals surface area contributed by atoms with Gasteiger partial charge >= 0.3 is 0 Å². The van der Waals surface area contributed by atoms with E-state index >= 15 is 0 Å². The number of ether oxygens (including phenoxy) is 1. The quantitative estimate of drug-likeness (QED) is 0.909. The van der Waals surface area contributed by atoms with E-state index in [1.54, 1.807) is 13.8 Å². The normalized spacial score (nSPS) is 15.0. The number of aliphatic hydroxyl groups is 1. The number of nitriles is 1. The van der Waals surface area contributed by atoms with Crippen LogP contribution in [0.25, 0.3) is 11.1 Å². The summed E-state index contributed by atoms with van der Waals surface area (Å²) in [7, 11) is 0. The molecular weight excluding hydrogens is 262 g/mol. The van der Waals surface area contributed by atoms with Crippen LogP contribution < -0.4 is 0 Å². The molecular formula is C18H19NO2. The van der Waals surface area contributed by atoms with Crippen molar-refractivity contribution in [3.63, 3.8) is 0 Å². The molecule has 0 radical (unpaired) electrons. The van der Waals surface area contributed by atoms with Crippen molar-refractivity contribution in [2.75, 3.05) is 0 Å². The predicted molar refractivity (Wildman–Crippen MR) is 82.5 cm³/mol. The Morgan fingerprint density at radius 2 is 1.52 bits per heavy atom. The molecule has 3 nitrogen and oxygen atoms in total. The molecule has 0 saturated heterocycles. The smallest absolute Gasteiger partial charge is 0.169 e. The Bertz CT molecular complexity index is 599. The summed E-state index contributed by atoms with van der Waals surface area (Å²) < 4.78 is 5.58. The topological polar surface area (TPSA) is 53.2 Å². The summed E-state index contributed by atoms with van der Waals surface area (Å²) in [5.74, 6) is 0. The zero-order chi connectivity index (χ0) is 15.2. The van der Waals surface area contributed by atoms with Gasteiger partial charge in [-0.2, -0.15) is 5.26 Å². The molecule has 3 atom stereocenters. The van der Waals surface area contributed by atoms with Gasteiger partial charge in [0.15, 0.2) is 6.10 Å². The van der Waals surface area contributed by atoms with E-state index in [4.69, 9.17) is 4.74 Å². The number of hydrogen-bond donors (Lipinski definition) is 1. The maximum atomic E-state index is 9.47. The van der Waals surface area contributed by atoms with Crippen molar-refractivity contribution in [1.29, 1.82) is 5.26 Å². The van der Waals surface area contributed by atoms with Gasteiger partial charge in [-0.1, -0.05) is 54.6 Å². The van der Waals surface area contributed by atoms with Crippen LogP contribution >= 0.6 is 0 Å². The maximum Gasteiger partial charge on any atom is 0.169 e. The van der Waals surface area contributed by atoms with E-state index < -0.39 is 12.2 Å². The molecule has 1 N–H and O–H groups in total. The second kappa shape index (κ2) is 7.03. The molecule has 0 heterocycles. The molecule has 0 aliphatic rings. The van der Waals surface area contributed by atoms with Gasteiger partial charge in [0, 0.05) is 0 Å². The minimum atomic E-state index is -0.667. The highest BCUT2D eigenvalue weighted by molar-refractivity contribution is 5.63. The molecule has 0 aliphatic heterocycles. The molecule has 3 unspecified atom stereocenters. The van der Waals surface area contributed by atoms with Crippen molar-refractivity contribution < 1.29 is 9.84 Å². The summed E-state index contributed by atoms with van der Waals surface area (Å²) >= 11 is 0. The summed E-state index contributed by atoms with van der Waals surface area (Å²) in [6.45, 7) is 3.41. The van der Waals surface area contributed by atoms with Gasteiger partial charge in [0.2, 0.25) is 0 Å². The fourth-order valence-electron chi connectivity index (χ4n) is 1.99. The number of nitrogens with zero attached hydrogens (tertiary/aromatic N) is 1. The van der Waals surface area contributed by atoms with Gasteiger partial charge < -0.3 is 9.84 Å². The van der Waals surface area contributed by atoms with Crippen LogP contribution in [0.3, 0.4) is 0 Å². The lowest BCUT2D eigenvalue weighted by Gasteiger charge is -2.20. The van der Waals surface area contributed by atoms with Gasteiger partial charge in [0.1, 0.15) is 0 Å². The standard InChI is InChI=1S/C18H19NO2/c1-13(20)14(2)21-18(12-19)17-10-8-16(9-11-17)15-6-4-3-5-7-15/h3-11,13-14,18,20H,1-2H3. The van der Waals surface area contributed by atoms with Gasteiger partial charge in [-0.3, -0.25) is 0 Å². The second-order valence-electron chi connectivity index (χ2n) is 5.08. The van der Waals surface area contributed by atoms with Crippen molar-refractivity contribution in [1.82, 2.24) is 0 Å². The molecule has 0 amide bonds. The summed E-state index contributed by atoms with van der Waals surface area (Å²) in [6, 6.07) is 19.9. The minimum Gasteiger partial charge on any atom is -0.391 e. The highest BCUT2D eigenvalue weighted by Crippen LogP contribution is 2.24. The third-order valence-corrected chi connectivity index (χ3v) is 3.47. The van der Waals surface area contributed by atoms with E-state index in [1.165, 1.54) is 0 Å². The number of benzene rings is 2. The number of rotatable bonds is 5. The van der Waals surface area contributed by atoms with Gasteiger partial charge in [-0.15, -0.1) is 0 Å². The van der Waals surface area contributed by atoms with E-state index in [9.17, 15) is 10.4 Å². The van der Waals surface area contributed by atoms with E-state index in [1.807, 2.05) is 54.6 Å². The van der Waals surface area contributed by atoms with E-state index in [0.717, 1.165) is 16.7 Å². The van der Waals surface area contributed by atoms with E-state index in [-0.39, 0.29) is 6.10 Å². The van der Waals surface area contributed by atoms with Crippen LogP contribution in [-0.4, -0.2) is 17.3 Å². The number of hydrogen-bond acceptors (Lipinski definition) is 3. The Hall–Kier alpha value is -2.15. The van der Waals surface area contributed by atoms with Crippen LogP contribution in [0.2, 0.25) is 0 Å². The highest BCUT2D eigenvalue weighted by Gasteiger charge is 2.18. The Morgan fingerprint density at radius 1 is 0.952 bits per heavy atom. The second-order valence-corrected chi connectivity index (χ2v) is 5.08. The zero-order valence-corrected chi connectivity index (χ0v) is 12.2. The molecule has 0 spiro atoms. The lowest BCUT2D eigenvalue weighted by atomic mass is 10.0. The van der Waals surface area contributed by atoms with Crippen LogP contribution in [0.1, 0.15) is 25.5 Å². The van der Waals surface area contributed by atoms with Crippen molar-refractivity contribution >= 4 is 0 Å². The molecule has 0 saturated carbocycles. The monoisotopic (exact) mass is 281 g/mol. The third kappa shape index (κ3) is 3.91. The van der Waals surface area contributed by atoms with Crippen LogP contribution in [-0.2, 0) is 4.74 Å². The van der Waals surface area contributed by atoms with Crippen molar-refractivity contribution in [3.05, 3.63) is 60.2 Å². The Labute approximate surface area is 125 Å². The fourth-order valence-corrected chi connectivity index (χ4v) is 1.99. The highest BCUT2D eigenvalue weighted by atomic mass is 16.5. The van der Waals surface area contributed by atoms with Gasteiger partial charge in [-0.25, -0.2) is 0 Å². The van der Waals surface area contributed by atoms with Gasteiger partial charge in [0.25, 0.3) is 0 Å². The van der Waals surface area contributed by atoms with Crippen molar-refractivity contribution in [2.24, 2.45) is 0 Å². The summed E-state index contributed by atoms with van der Waals surface area (Å²) in [5, 5.41) is 18.7. The van der Waals surface area contributed by atoms with Crippen molar-refractivity contribution in [3.8, 4) is 17.2 Å². The molecule has 2 rings (SSSR count). The van der Waals surface area contributed by atoms with Crippen LogP contribution in [0.5, 0.6) is 0 Å². The molecule has 0 aliphatic carbocycles. The Balaban J connectivity index is 2.16. The molecule has 2 aromatic carbocycles. The average Bonchev–Trinajstić information content (AvgIpc) is 2.53. The predicted octanol–water partition coefficient (Wildman–Crippen LogP) is 3.70. The average molecular weight is 281 g/mol. The molecule has 0 fully saturated rings. The molecule has 0 bridgehead atoms. The first-order valence-corrected chi connectivity index (χ1v) is 7.00. The van der Waals surface area contributed by atoms with Crippen LogP contribution in [0, 0.1) is 11.3 Å². The molecule has 108 valence electrons. The minimum absolute atomic E-state index is 0.386. The SMILES string of the molecule is CC(O)C(C)OC(C#N)c1ccc(-c2ccccc2)cc1. The van der Waals surface area contributed by atoms with E-state index in [0.29, 0.717) is 0 Å². The Morgan fingerprint density at radius 3 is 2.05 bits per heavy atom. The first-order valence-electron chi connectivity index (χ1n) is 7.00. The fraction of sp³-hybridized carbons (Fsp3) is 0.278. The van der Waals surface area contributed by atoms with Crippen LogP contribution in [0.4, 0.5) is 0 Å². The molecule has 0 aromatic heterocycles. The first-order chi connectivity index (χ1) is 10.1. The lowest BCUT2D eigenvalue weighted by Crippen LogP contribution is -2.24. The lowest BCUT2D eigenvalue weighted by molar-refractivity contribution is -0.0426. The third-order valence-electron chi connectivity index (χ3n) is 3.47. The van der Waals surface area contributed by atoms with Crippen LogP contribution in [0.15, 0.2) is 54.6 Å². The summed E-state index contributed by atoms with van der Waals surface area (Å²) in [6.07, 6.45) is -1.66. The summed E-state index contributed by atoms with van der Waals surface area (Å²) in [4.78, 5) is 0. The molecule has 21 heavy (non-hydrogen) atoms. The zero-order valence-electron chi connectivity index (χ0n) is 12.2.